The lowest BCUT2D eigenvalue weighted by Gasteiger charge is -2.13. The summed E-state index contributed by atoms with van der Waals surface area (Å²) in [5.74, 6) is 0. The van der Waals surface area contributed by atoms with Gasteiger partial charge in [0.2, 0.25) is 0 Å². The highest BCUT2D eigenvalue weighted by Gasteiger charge is 2.05. The molecular formula is C13H20N4S. The SMILES string of the molecule is Cc1nc(CCN[C@H](C)Cn2cccn2)sc1C. The third-order valence-electron chi connectivity index (χ3n) is 2.92. The largest absolute Gasteiger partial charge is 0.312 e. The van der Waals surface area contributed by atoms with Crippen LogP contribution in [0.15, 0.2) is 18.5 Å². The molecule has 2 aromatic rings. The molecule has 0 fully saturated rings. The molecule has 0 saturated carbocycles. The second-order valence-electron chi connectivity index (χ2n) is 4.58. The summed E-state index contributed by atoms with van der Waals surface area (Å²) in [4.78, 5) is 5.87. The average Bonchev–Trinajstić information content (AvgIpc) is 2.90. The van der Waals surface area contributed by atoms with E-state index >= 15 is 0 Å². The zero-order chi connectivity index (χ0) is 13.0. The highest BCUT2D eigenvalue weighted by atomic mass is 32.1. The minimum Gasteiger partial charge on any atom is -0.312 e. The van der Waals surface area contributed by atoms with E-state index in [9.17, 15) is 0 Å². The zero-order valence-corrected chi connectivity index (χ0v) is 12.0. The Morgan fingerprint density at radius 1 is 1.44 bits per heavy atom. The molecule has 18 heavy (non-hydrogen) atoms. The minimum atomic E-state index is 0.423. The Kier molecular flexibility index (Phi) is 4.49. The van der Waals surface area contributed by atoms with Crippen molar-refractivity contribution < 1.29 is 0 Å². The lowest BCUT2D eigenvalue weighted by atomic mass is 10.3. The van der Waals surface area contributed by atoms with Gasteiger partial charge in [-0.2, -0.15) is 5.10 Å². The van der Waals surface area contributed by atoms with Crippen LogP contribution in [0, 0.1) is 13.8 Å². The number of hydrogen-bond acceptors (Lipinski definition) is 4. The van der Waals surface area contributed by atoms with Gasteiger partial charge < -0.3 is 5.32 Å². The first kappa shape index (κ1) is 13.2. The third-order valence-corrected chi connectivity index (χ3v) is 4.06. The molecule has 2 aromatic heterocycles. The smallest absolute Gasteiger partial charge is 0.0943 e. The Hall–Kier alpha value is -1.20. The van der Waals surface area contributed by atoms with Gasteiger partial charge in [-0.1, -0.05) is 0 Å². The Morgan fingerprint density at radius 3 is 2.89 bits per heavy atom. The molecule has 4 nitrogen and oxygen atoms in total. The molecule has 1 N–H and O–H groups in total. The van der Waals surface area contributed by atoms with Crippen LogP contribution in [0.4, 0.5) is 0 Å². The number of hydrogen-bond donors (Lipinski definition) is 1. The molecule has 2 rings (SSSR count). The van der Waals surface area contributed by atoms with E-state index in [4.69, 9.17) is 0 Å². The Morgan fingerprint density at radius 2 is 2.28 bits per heavy atom. The number of aromatic nitrogens is 3. The fraction of sp³-hybridized carbons (Fsp3) is 0.538. The van der Waals surface area contributed by atoms with Gasteiger partial charge in [-0.3, -0.25) is 4.68 Å². The van der Waals surface area contributed by atoms with Crippen LogP contribution in [-0.2, 0) is 13.0 Å². The maximum absolute atomic E-state index is 4.54. The van der Waals surface area contributed by atoms with Crippen LogP contribution in [0.3, 0.4) is 0 Å². The van der Waals surface area contributed by atoms with Gasteiger partial charge in [0.25, 0.3) is 0 Å². The molecule has 0 aliphatic carbocycles. The lowest BCUT2D eigenvalue weighted by Crippen LogP contribution is -2.32. The van der Waals surface area contributed by atoms with E-state index in [-0.39, 0.29) is 0 Å². The first-order chi connectivity index (χ1) is 8.65. The standard InChI is InChI=1S/C13H20N4S/c1-10(9-17-8-4-6-15-17)14-7-5-13-16-11(2)12(3)18-13/h4,6,8,10,14H,5,7,9H2,1-3H3/t10-/m1/s1. The number of aryl methyl sites for hydroxylation is 2. The van der Waals surface area contributed by atoms with Gasteiger partial charge in [-0.25, -0.2) is 4.98 Å². The summed E-state index contributed by atoms with van der Waals surface area (Å²) in [6.45, 7) is 8.26. The molecule has 0 saturated heterocycles. The molecule has 0 aliphatic heterocycles. The van der Waals surface area contributed by atoms with Crippen molar-refractivity contribution >= 4 is 11.3 Å². The fourth-order valence-electron chi connectivity index (χ4n) is 1.83. The number of nitrogens with zero attached hydrogens (tertiary/aromatic N) is 3. The van der Waals surface area contributed by atoms with E-state index in [1.54, 1.807) is 11.3 Å². The molecule has 0 spiro atoms. The van der Waals surface area contributed by atoms with E-state index in [0.717, 1.165) is 19.5 Å². The second-order valence-corrected chi connectivity index (χ2v) is 5.87. The normalized spacial score (nSPS) is 12.8. The van der Waals surface area contributed by atoms with Gasteiger partial charge in [-0.15, -0.1) is 11.3 Å². The van der Waals surface area contributed by atoms with Crippen molar-refractivity contribution in [2.45, 2.75) is 39.8 Å². The Balaban J connectivity index is 1.71. The summed E-state index contributed by atoms with van der Waals surface area (Å²) < 4.78 is 1.95. The monoisotopic (exact) mass is 264 g/mol. The van der Waals surface area contributed by atoms with Gasteiger partial charge in [0.05, 0.1) is 17.2 Å². The van der Waals surface area contributed by atoms with E-state index < -0.39 is 0 Å². The van der Waals surface area contributed by atoms with Crippen molar-refractivity contribution in [3.8, 4) is 0 Å². The van der Waals surface area contributed by atoms with Gasteiger partial charge in [0.1, 0.15) is 0 Å². The summed E-state index contributed by atoms with van der Waals surface area (Å²) in [6.07, 6.45) is 4.81. The number of thiazole rings is 1. The van der Waals surface area contributed by atoms with Crippen LogP contribution in [0.5, 0.6) is 0 Å². The number of rotatable bonds is 6. The third kappa shape index (κ3) is 3.65. The maximum atomic E-state index is 4.54. The van der Waals surface area contributed by atoms with Crippen molar-refractivity contribution in [2.24, 2.45) is 0 Å². The summed E-state index contributed by atoms with van der Waals surface area (Å²) in [5, 5.41) is 8.93. The van der Waals surface area contributed by atoms with Gasteiger partial charge >= 0.3 is 0 Å². The van der Waals surface area contributed by atoms with Crippen LogP contribution in [0.1, 0.15) is 22.5 Å². The first-order valence-electron chi connectivity index (χ1n) is 6.29. The predicted molar refractivity (Wildman–Crippen MR) is 75.0 cm³/mol. The average molecular weight is 264 g/mol. The van der Waals surface area contributed by atoms with Crippen LogP contribution < -0.4 is 5.32 Å². The highest BCUT2D eigenvalue weighted by Crippen LogP contribution is 2.16. The van der Waals surface area contributed by atoms with Crippen LogP contribution >= 0.6 is 11.3 Å². The van der Waals surface area contributed by atoms with Gasteiger partial charge in [0, 0.05) is 36.3 Å². The van der Waals surface area contributed by atoms with E-state index in [0.29, 0.717) is 6.04 Å². The van der Waals surface area contributed by atoms with Crippen molar-refractivity contribution in [1.82, 2.24) is 20.1 Å². The van der Waals surface area contributed by atoms with Gasteiger partial charge in [0.15, 0.2) is 0 Å². The van der Waals surface area contributed by atoms with Crippen LogP contribution in [0.25, 0.3) is 0 Å². The second kappa shape index (κ2) is 6.11. The van der Waals surface area contributed by atoms with E-state index in [1.165, 1.54) is 15.6 Å². The molecule has 1 atom stereocenters. The highest BCUT2D eigenvalue weighted by molar-refractivity contribution is 7.11. The van der Waals surface area contributed by atoms with Crippen LogP contribution in [-0.4, -0.2) is 27.4 Å². The van der Waals surface area contributed by atoms with E-state index in [1.807, 2.05) is 23.1 Å². The van der Waals surface area contributed by atoms with Crippen molar-refractivity contribution in [3.05, 3.63) is 34.0 Å². The minimum absolute atomic E-state index is 0.423. The van der Waals surface area contributed by atoms with Crippen molar-refractivity contribution in [2.75, 3.05) is 6.54 Å². The summed E-state index contributed by atoms with van der Waals surface area (Å²) in [5.41, 5.74) is 1.17. The predicted octanol–water partition coefficient (Wildman–Crippen LogP) is 2.18. The Bertz CT molecular complexity index is 456. The molecule has 0 aromatic carbocycles. The van der Waals surface area contributed by atoms with Crippen LogP contribution in [0.2, 0.25) is 0 Å². The molecular weight excluding hydrogens is 244 g/mol. The van der Waals surface area contributed by atoms with Crippen molar-refractivity contribution in [1.29, 1.82) is 0 Å². The molecule has 5 heteroatoms. The molecule has 0 bridgehead atoms. The van der Waals surface area contributed by atoms with Crippen molar-refractivity contribution in [3.63, 3.8) is 0 Å². The topological polar surface area (TPSA) is 42.7 Å². The molecule has 0 amide bonds. The molecule has 98 valence electrons. The van der Waals surface area contributed by atoms with Gasteiger partial charge in [-0.05, 0) is 26.8 Å². The Labute approximate surface area is 112 Å². The molecule has 2 heterocycles. The quantitative estimate of drug-likeness (QED) is 0.869. The molecule has 0 unspecified atom stereocenters. The first-order valence-corrected chi connectivity index (χ1v) is 7.10. The fourth-order valence-corrected chi connectivity index (χ4v) is 2.76. The maximum Gasteiger partial charge on any atom is 0.0943 e. The summed E-state index contributed by atoms with van der Waals surface area (Å²) in [6, 6.07) is 2.38. The van der Waals surface area contributed by atoms with E-state index in [2.05, 4.69) is 36.2 Å². The molecule has 0 radical (unpaired) electrons. The molecule has 0 aliphatic rings. The zero-order valence-electron chi connectivity index (χ0n) is 11.2. The lowest BCUT2D eigenvalue weighted by molar-refractivity contribution is 0.454. The summed E-state index contributed by atoms with van der Waals surface area (Å²) >= 11 is 1.80. The summed E-state index contributed by atoms with van der Waals surface area (Å²) in [7, 11) is 0. The number of nitrogens with one attached hydrogen (secondary N) is 1.